The number of methoxy groups -OCH3 is 1. The van der Waals surface area contributed by atoms with Crippen LogP contribution in [0.15, 0.2) is 24.3 Å². The standard InChI is InChI=1S/C16H20N2O3S/c1-16-8-7-14(19)18(16)13(10-22-16)15(20)17-12-6-4-3-5-11(12)9-21-2/h3-6,13H,7-10H2,1-2H3,(H,17,20)/t13-,16+/m0/s1. The number of ether oxygens (including phenoxy) is 1. The van der Waals surface area contributed by atoms with Crippen LogP contribution in [0.1, 0.15) is 25.3 Å². The lowest BCUT2D eigenvalue weighted by Gasteiger charge is -2.30. The van der Waals surface area contributed by atoms with Gasteiger partial charge in [-0.15, -0.1) is 11.8 Å². The number of hydrogen-bond acceptors (Lipinski definition) is 4. The summed E-state index contributed by atoms with van der Waals surface area (Å²) in [5.41, 5.74) is 1.68. The molecule has 22 heavy (non-hydrogen) atoms. The number of thioether (sulfide) groups is 1. The molecule has 0 aromatic heterocycles. The van der Waals surface area contributed by atoms with Gasteiger partial charge in [0.05, 0.1) is 11.5 Å². The minimum absolute atomic E-state index is 0.0813. The number of para-hydroxylation sites is 1. The number of nitrogens with zero attached hydrogens (tertiary/aromatic N) is 1. The fraction of sp³-hybridized carbons (Fsp3) is 0.500. The summed E-state index contributed by atoms with van der Waals surface area (Å²) >= 11 is 1.70. The molecule has 0 radical (unpaired) electrons. The highest BCUT2D eigenvalue weighted by Gasteiger charge is 2.52. The van der Waals surface area contributed by atoms with Gasteiger partial charge in [0.25, 0.3) is 0 Å². The van der Waals surface area contributed by atoms with Crippen LogP contribution in [0.25, 0.3) is 0 Å². The molecule has 2 aliphatic heterocycles. The molecule has 1 N–H and O–H groups in total. The number of fused-ring (bicyclic) bond motifs is 1. The van der Waals surface area contributed by atoms with E-state index in [1.807, 2.05) is 24.3 Å². The number of amides is 2. The zero-order valence-corrected chi connectivity index (χ0v) is 13.6. The van der Waals surface area contributed by atoms with Crippen molar-refractivity contribution in [2.45, 2.75) is 37.3 Å². The molecular formula is C16H20N2O3S. The van der Waals surface area contributed by atoms with E-state index in [0.29, 0.717) is 18.8 Å². The molecule has 6 heteroatoms. The highest BCUT2D eigenvalue weighted by atomic mass is 32.2. The van der Waals surface area contributed by atoms with Crippen molar-refractivity contribution in [1.82, 2.24) is 4.90 Å². The average molecular weight is 320 g/mol. The number of carbonyl (C=O) groups is 2. The zero-order chi connectivity index (χ0) is 15.7. The highest BCUT2D eigenvalue weighted by molar-refractivity contribution is 8.01. The van der Waals surface area contributed by atoms with Crippen LogP contribution in [-0.4, -0.2) is 40.5 Å². The van der Waals surface area contributed by atoms with Gasteiger partial charge >= 0.3 is 0 Å². The van der Waals surface area contributed by atoms with Gasteiger partial charge < -0.3 is 15.0 Å². The Bertz CT molecular complexity index is 607. The molecule has 0 bridgehead atoms. The SMILES string of the molecule is COCc1ccccc1NC(=O)[C@@H]1CS[C@]2(C)CCC(=O)N12. The van der Waals surface area contributed by atoms with Gasteiger partial charge in [-0.2, -0.15) is 0 Å². The van der Waals surface area contributed by atoms with Gasteiger partial charge in [0.15, 0.2) is 0 Å². The van der Waals surface area contributed by atoms with E-state index in [2.05, 4.69) is 12.2 Å². The van der Waals surface area contributed by atoms with Crippen molar-refractivity contribution in [3.05, 3.63) is 29.8 Å². The Labute approximate surface area is 134 Å². The summed E-state index contributed by atoms with van der Waals surface area (Å²) in [7, 11) is 1.63. The van der Waals surface area contributed by atoms with E-state index in [-0.39, 0.29) is 22.7 Å². The Balaban J connectivity index is 1.77. The van der Waals surface area contributed by atoms with E-state index in [0.717, 1.165) is 17.7 Å². The van der Waals surface area contributed by atoms with Crippen molar-refractivity contribution in [1.29, 1.82) is 0 Å². The van der Waals surface area contributed by atoms with E-state index < -0.39 is 0 Å². The number of anilines is 1. The summed E-state index contributed by atoms with van der Waals surface area (Å²) < 4.78 is 5.16. The molecule has 1 aromatic carbocycles. The van der Waals surface area contributed by atoms with Crippen molar-refractivity contribution >= 4 is 29.3 Å². The molecule has 2 amide bonds. The molecule has 1 aromatic rings. The predicted molar refractivity (Wildman–Crippen MR) is 86.5 cm³/mol. The van der Waals surface area contributed by atoms with Gasteiger partial charge in [-0.1, -0.05) is 18.2 Å². The molecule has 5 nitrogen and oxygen atoms in total. The van der Waals surface area contributed by atoms with Crippen molar-refractivity contribution in [2.75, 3.05) is 18.2 Å². The van der Waals surface area contributed by atoms with Crippen LogP contribution < -0.4 is 5.32 Å². The topological polar surface area (TPSA) is 58.6 Å². The van der Waals surface area contributed by atoms with E-state index in [1.54, 1.807) is 23.8 Å². The Morgan fingerprint density at radius 1 is 1.50 bits per heavy atom. The summed E-state index contributed by atoms with van der Waals surface area (Å²) in [5.74, 6) is 0.619. The van der Waals surface area contributed by atoms with Crippen molar-refractivity contribution in [3.8, 4) is 0 Å². The molecule has 0 aliphatic carbocycles. The van der Waals surface area contributed by atoms with Gasteiger partial charge in [-0.05, 0) is 19.4 Å². The average Bonchev–Trinajstić information content (AvgIpc) is 2.98. The quantitative estimate of drug-likeness (QED) is 0.924. The molecule has 118 valence electrons. The lowest BCUT2D eigenvalue weighted by molar-refractivity contribution is -0.135. The van der Waals surface area contributed by atoms with Crippen LogP contribution in [0.2, 0.25) is 0 Å². The normalized spacial score (nSPS) is 27.1. The Morgan fingerprint density at radius 3 is 3.05 bits per heavy atom. The van der Waals surface area contributed by atoms with Crippen LogP contribution >= 0.6 is 11.8 Å². The molecule has 0 unspecified atom stereocenters. The second-order valence-electron chi connectivity index (χ2n) is 5.84. The monoisotopic (exact) mass is 320 g/mol. The predicted octanol–water partition coefficient (Wildman–Crippen LogP) is 2.23. The minimum Gasteiger partial charge on any atom is -0.380 e. The largest absolute Gasteiger partial charge is 0.380 e. The van der Waals surface area contributed by atoms with E-state index >= 15 is 0 Å². The number of carbonyl (C=O) groups excluding carboxylic acids is 2. The summed E-state index contributed by atoms with van der Waals surface area (Å²) in [6.07, 6.45) is 1.36. The summed E-state index contributed by atoms with van der Waals surface area (Å²) in [5, 5.41) is 2.96. The summed E-state index contributed by atoms with van der Waals surface area (Å²) in [6, 6.07) is 7.19. The fourth-order valence-electron chi connectivity index (χ4n) is 3.15. The third-order valence-electron chi connectivity index (χ3n) is 4.32. The number of nitrogens with one attached hydrogen (secondary N) is 1. The van der Waals surface area contributed by atoms with Crippen molar-refractivity contribution < 1.29 is 14.3 Å². The molecule has 0 saturated carbocycles. The summed E-state index contributed by atoms with van der Waals surface area (Å²) in [6.45, 7) is 2.49. The van der Waals surface area contributed by atoms with Gasteiger partial charge in [-0.25, -0.2) is 0 Å². The van der Waals surface area contributed by atoms with Gasteiger partial charge in [0.1, 0.15) is 6.04 Å². The van der Waals surface area contributed by atoms with Gasteiger partial charge in [-0.3, -0.25) is 9.59 Å². The Morgan fingerprint density at radius 2 is 2.27 bits per heavy atom. The van der Waals surface area contributed by atoms with Crippen LogP contribution in [0.5, 0.6) is 0 Å². The van der Waals surface area contributed by atoms with Gasteiger partial charge in [0.2, 0.25) is 11.8 Å². The maximum atomic E-state index is 12.6. The number of rotatable bonds is 4. The maximum absolute atomic E-state index is 12.6. The van der Waals surface area contributed by atoms with E-state index in [4.69, 9.17) is 4.74 Å². The highest BCUT2D eigenvalue weighted by Crippen LogP contribution is 2.47. The molecule has 2 atom stereocenters. The van der Waals surface area contributed by atoms with Crippen LogP contribution in [-0.2, 0) is 20.9 Å². The number of benzene rings is 1. The molecule has 2 heterocycles. The second kappa shape index (κ2) is 5.93. The zero-order valence-electron chi connectivity index (χ0n) is 12.8. The first-order valence-corrected chi connectivity index (χ1v) is 8.37. The first-order chi connectivity index (χ1) is 10.5. The maximum Gasteiger partial charge on any atom is 0.248 e. The van der Waals surface area contributed by atoms with Crippen LogP contribution in [0.3, 0.4) is 0 Å². The molecule has 2 aliphatic rings. The second-order valence-corrected chi connectivity index (χ2v) is 7.35. The van der Waals surface area contributed by atoms with Crippen molar-refractivity contribution in [2.24, 2.45) is 0 Å². The van der Waals surface area contributed by atoms with Crippen LogP contribution in [0.4, 0.5) is 5.69 Å². The lowest BCUT2D eigenvalue weighted by atomic mass is 10.1. The smallest absolute Gasteiger partial charge is 0.248 e. The van der Waals surface area contributed by atoms with E-state index in [1.165, 1.54) is 0 Å². The molecule has 0 spiro atoms. The molecule has 3 rings (SSSR count). The first-order valence-electron chi connectivity index (χ1n) is 7.39. The van der Waals surface area contributed by atoms with Gasteiger partial charge in [0, 0.05) is 30.5 Å². The number of hydrogen-bond donors (Lipinski definition) is 1. The Hall–Kier alpha value is -1.53. The minimum atomic E-state index is -0.388. The lowest BCUT2D eigenvalue weighted by Crippen LogP contribution is -2.48. The van der Waals surface area contributed by atoms with Crippen molar-refractivity contribution in [3.63, 3.8) is 0 Å². The van der Waals surface area contributed by atoms with Crippen LogP contribution in [0, 0.1) is 0 Å². The molecule has 2 saturated heterocycles. The molecule has 2 fully saturated rings. The first kappa shape index (κ1) is 15.4. The third-order valence-corrected chi connectivity index (χ3v) is 5.83. The Kier molecular flexibility index (Phi) is 4.14. The third kappa shape index (κ3) is 2.61. The summed E-state index contributed by atoms with van der Waals surface area (Å²) in [4.78, 5) is 26.3. The van der Waals surface area contributed by atoms with E-state index in [9.17, 15) is 9.59 Å². The molecular weight excluding hydrogens is 300 g/mol. The fourth-order valence-corrected chi connectivity index (χ4v) is 4.59.